The molecule has 76 valence electrons. The van der Waals surface area contributed by atoms with E-state index >= 15 is 0 Å². The standard InChI is InChI=1S/C8H5BrF3NO/c9-13-6-4-2-1-3-5(6)7(14)8(10,11)12/h1-4,13H. The zero-order valence-corrected chi connectivity index (χ0v) is 8.32. The molecular weight excluding hydrogens is 263 g/mol. The van der Waals surface area contributed by atoms with Gasteiger partial charge in [0.25, 0.3) is 5.78 Å². The van der Waals surface area contributed by atoms with Crippen LogP contribution in [0.15, 0.2) is 24.3 Å². The van der Waals surface area contributed by atoms with Crippen LogP contribution in [0, 0.1) is 0 Å². The van der Waals surface area contributed by atoms with Crippen molar-refractivity contribution in [3.8, 4) is 0 Å². The minimum Gasteiger partial charge on any atom is -0.322 e. The van der Waals surface area contributed by atoms with Crippen molar-refractivity contribution in [2.45, 2.75) is 6.18 Å². The van der Waals surface area contributed by atoms with Gasteiger partial charge in [0.2, 0.25) is 0 Å². The summed E-state index contributed by atoms with van der Waals surface area (Å²) in [6.07, 6.45) is -4.85. The highest BCUT2D eigenvalue weighted by Crippen LogP contribution is 2.26. The molecule has 0 saturated carbocycles. The number of carbonyl (C=O) groups is 1. The van der Waals surface area contributed by atoms with Crippen LogP contribution in [-0.4, -0.2) is 12.0 Å². The Labute approximate surface area is 86.4 Å². The molecule has 0 saturated heterocycles. The summed E-state index contributed by atoms with van der Waals surface area (Å²) in [6.45, 7) is 0. The SMILES string of the molecule is O=C(c1ccccc1NBr)C(F)(F)F. The Morgan fingerprint density at radius 2 is 1.86 bits per heavy atom. The topological polar surface area (TPSA) is 29.1 Å². The van der Waals surface area contributed by atoms with Gasteiger partial charge in [-0.1, -0.05) is 12.1 Å². The first-order chi connectivity index (χ1) is 6.46. The number of rotatable bonds is 2. The summed E-state index contributed by atoms with van der Waals surface area (Å²) in [5, 5.41) is 0. The molecule has 0 spiro atoms. The minimum absolute atomic E-state index is 0.0924. The molecule has 0 aliphatic carbocycles. The van der Waals surface area contributed by atoms with Crippen LogP contribution in [-0.2, 0) is 0 Å². The maximum Gasteiger partial charge on any atom is 0.454 e. The van der Waals surface area contributed by atoms with Crippen LogP contribution < -0.4 is 4.34 Å². The molecule has 0 atom stereocenters. The summed E-state index contributed by atoms with van der Waals surface area (Å²) in [7, 11) is 0. The Bertz CT molecular complexity index is 351. The molecule has 0 radical (unpaired) electrons. The van der Waals surface area contributed by atoms with Crippen LogP contribution in [0.5, 0.6) is 0 Å². The molecule has 0 heterocycles. The van der Waals surface area contributed by atoms with Crippen molar-refractivity contribution < 1.29 is 18.0 Å². The van der Waals surface area contributed by atoms with Gasteiger partial charge in [0.15, 0.2) is 0 Å². The van der Waals surface area contributed by atoms with Crippen molar-refractivity contribution in [2.24, 2.45) is 0 Å². The third-order valence-corrected chi connectivity index (χ3v) is 1.96. The van der Waals surface area contributed by atoms with Gasteiger partial charge in [-0.25, -0.2) is 0 Å². The predicted octanol–water partition coefficient (Wildman–Crippen LogP) is 3.15. The molecule has 0 unspecified atom stereocenters. The number of Topliss-reactive ketones (excluding diaryl/α,β-unsaturated/α-hetero) is 1. The molecule has 14 heavy (non-hydrogen) atoms. The molecule has 2 nitrogen and oxygen atoms in total. The second-order valence-corrected chi connectivity index (χ2v) is 2.86. The molecule has 0 fully saturated rings. The highest BCUT2D eigenvalue weighted by Gasteiger charge is 2.40. The third-order valence-electron chi connectivity index (χ3n) is 1.53. The van der Waals surface area contributed by atoms with E-state index in [0.717, 1.165) is 6.07 Å². The zero-order chi connectivity index (χ0) is 10.8. The summed E-state index contributed by atoms with van der Waals surface area (Å²) in [4.78, 5) is 10.9. The molecule has 0 aliphatic heterocycles. The molecule has 0 aliphatic rings. The van der Waals surface area contributed by atoms with E-state index in [1.807, 2.05) is 0 Å². The lowest BCUT2D eigenvalue weighted by Crippen LogP contribution is -2.23. The molecule has 1 aromatic carbocycles. The lowest BCUT2D eigenvalue weighted by atomic mass is 10.1. The van der Waals surface area contributed by atoms with Crippen molar-refractivity contribution in [3.05, 3.63) is 29.8 Å². The monoisotopic (exact) mass is 267 g/mol. The first-order valence-electron chi connectivity index (χ1n) is 3.54. The fraction of sp³-hybridized carbons (Fsp3) is 0.125. The van der Waals surface area contributed by atoms with Crippen LogP contribution >= 0.6 is 16.1 Å². The maximum atomic E-state index is 12.1. The number of carbonyl (C=O) groups excluding carboxylic acids is 1. The van der Waals surface area contributed by atoms with Gasteiger partial charge in [0.05, 0.1) is 11.3 Å². The van der Waals surface area contributed by atoms with E-state index in [1.165, 1.54) is 18.2 Å². The Kier molecular flexibility index (Phi) is 3.15. The largest absolute Gasteiger partial charge is 0.454 e. The Morgan fingerprint density at radius 3 is 2.36 bits per heavy atom. The second kappa shape index (κ2) is 4.00. The molecule has 0 amide bonds. The van der Waals surface area contributed by atoms with Gasteiger partial charge >= 0.3 is 6.18 Å². The summed E-state index contributed by atoms with van der Waals surface area (Å²) >= 11 is 2.77. The average Bonchev–Trinajstić information content (AvgIpc) is 2.15. The Morgan fingerprint density at radius 1 is 1.29 bits per heavy atom. The Hall–Kier alpha value is -1.04. The number of hydrogen-bond donors (Lipinski definition) is 1. The quantitative estimate of drug-likeness (QED) is 0.659. The van der Waals surface area contributed by atoms with Gasteiger partial charge in [-0.15, -0.1) is 0 Å². The molecule has 1 aromatic rings. The van der Waals surface area contributed by atoms with Gasteiger partial charge < -0.3 is 4.34 Å². The number of anilines is 1. The molecule has 1 N–H and O–H groups in total. The predicted molar refractivity (Wildman–Crippen MR) is 49.4 cm³/mol. The number of ketones is 1. The van der Waals surface area contributed by atoms with Crippen molar-refractivity contribution in [1.29, 1.82) is 0 Å². The number of alkyl halides is 3. The lowest BCUT2D eigenvalue weighted by Gasteiger charge is -2.08. The van der Waals surface area contributed by atoms with Gasteiger partial charge in [-0.05, 0) is 12.1 Å². The van der Waals surface area contributed by atoms with Gasteiger partial charge in [-0.2, -0.15) is 13.2 Å². The molecular formula is C8H5BrF3NO. The summed E-state index contributed by atoms with van der Waals surface area (Å²) < 4.78 is 38.5. The van der Waals surface area contributed by atoms with Crippen molar-refractivity contribution in [3.63, 3.8) is 0 Å². The van der Waals surface area contributed by atoms with Crippen LogP contribution in [0.3, 0.4) is 0 Å². The van der Waals surface area contributed by atoms with E-state index in [0.29, 0.717) is 0 Å². The number of halogens is 4. The maximum absolute atomic E-state index is 12.1. The fourth-order valence-corrected chi connectivity index (χ4v) is 1.26. The molecule has 1 rings (SSSR count). The van der Waals surface area contributed by atoms with E-state index in [4.69, 9.17) is 0 Å². The number of hydrogen-bond acceptors (Lipinski definition) is 2. The van der Waals surface area contributed by atoms with Gasteiger partial charge in [-0.3, -0.25) is 4.79 Å². The number of para-hydroxylation sites is 1. The van der Waals surface area contributed by atoms with E-state index in [2.05, 4.69) is 20.5 Å². The average molecular weight is 268 g/mol. The Balaban J connectivity index is 3.13. The van der Waals surface area contributed by atoms with E-state index in [9.17, 15) is 18.0 Å². The van der Waals surface area contributed by atoms with E-state index < -0.39 is 17.5 Å². The third kappa shape index (κ3) is 2.25. The molecule has 6 heteroatoms. The molecule has 0 bridgehead atoms. The highest BCUT2D eigenvalue weighted by atomic mass is 79.9. The number of benzene rings is 1. The van der Waals surface area contributed by atoms with Crippen LogP contribution in [0.1, 0.15) is 10.4 Å². The normalized spacial score (nSPS) is 11.1. The summed E-state index contributed by atoms with van der Waals surface area (Å²) in [6, 6.07) is 5.37. The summed E-state index contributed by atoms with van der Waals surface area (Å²) in [5.41, 5.74) is -0.313. The summed E-state index contributed by atoms with van der Waals surface area (Å²) in [5.74, 6) is -1.86. The first kappa shape index (κ1) is 11.0. The van der Waals surface area contributed by atoms with Crippen molar-refractivity contribution in [2.75, 3.05) is 4.34 Å². The first-order valence-corrected chi connectivity index (χ1v) is 4.33. The lowest BCUT2D eigenvalue weighted by molar-refractivity contribution is -0.0884. The van der Waals surface area contributed by atoms with Crippen molar-refractivity contribution >= 4 is 27.6 Å². The fourth-order valence-electron chi connectivity index (χ4n) is 0.916. The van der Waals surface area contributed by atoms with Crippen LogP contribution in [0.4, 0.5) is 18.9 Å². The van der Waals surface area contributed by atoms with Crippen LogP contribution in [0.2, 0.25) is 0 Å². The van der Waals surface area contributed by atoms with E-state index in [-0.39, 0.29) is 5.69 Å². The zero-order valence-electron chi connectivity index (χ0n) is 6.73. The van der Waals surface area contributed by atoms with Crippen molar-refractivity contribution in [1.82, 2.24) is 0 Å². The van der Waals surface area contributed by atoms with E-state index in [1.54, 1.807) is 0 Å². The highest BCUT2D eigenvalue weighted by molar-refractivity contribution is 9.10. The minimum atomic E-state index is -4.85. The van der Waals surface area contributed by atoms with Gasteiger partial charge in [0, 0.05) is 16.1 Å². The van der Waals surface area contributed by atoms with Gasteiger partial charge in [0.1, 0.15) is 0 Å². The number of nitrogens with one attached hydrogen (secondary N) is 1. The molecule has 0 aromatic heterocycles. The van der Waals surface area contributed by atoms with Crippen LogP contribution in [0.25, 0.3) is 0 Å². The second-order valence-electron chi connectivity index (χ2n) is 2.47. The smallest absolute Gasteiger partial charge is 0.322 e.